The largest absolute Gasteiger partial charge is 0.356 e. The molecule has 0 amide bonds. The number of aliphatic imine (C=N–C) groups is 1. The Morgan fingerprint density at radius 1 is 1.33 bits per heavy atom. The van der Waals surface area contributed by atoms with E-state index in [1.807, 2.05) is 13.2 Å². The summed E-state index contributed by atoms with van der Waals surface area (Å²) in [6.45, 7) is 9.96. The SMILES string of the molecule is CCN1CCC(CCNC(=NC)NCCc2ncc(C)s2)CC1.I. The van der Waals surface area contributed by atoms with Crippen LogP contribution in [0.25, 0.3) is 0 Å². The first kappa shape index (κ1) is 21.6. The van der Waals surface area contributed by atoms with Crippen LogP contribution in [0.1, 0.15) is 36.1 Å². The van der Waals surface area contributed by atoms with E-state index >= 15 is 0 Å². The molecule has 1 aliphatic heterocycles. The number of hydrogen-bond acceptors (Lipinski definition) is 4. The zero-order chi connectivity index (χ0) is 16.5. The Hall–Kier alpha value is -0.410. The maximum absolute atomic E-state index is 4.39. The van der Waals surface area contributed by atoms with Gasteiger partial charge in [0.1, 0.15) is 0 Å². The lowest BCUT2D eigenvalue weighted by Crippen LogP contribution is -2.40. The maximum Gasteiger partial charge on any atom is 0.190 e. The van der Waals surface area contributed by atoms with Crippen molar-refractivity contribution in [3.63, 3.8) is 0 Å². The topological polar surface area (TPSA) is 52.5 Å². The summed E-state index contributed by atoms with van der Waals surface area (Å²) in [5, 5.41) is 8.01. The summed E-state index contributed by atoms with van der Waals surface area (Å²) >= 11 is 1.77. The number of aryl methyl sites for hydroxylation is 1. The minimum Gasteiger partial charge on any atom is -0.356 e. The normalized spacial score (nSPS) is 16.7. The van der Waals surface area contributed by atoms with Gasteiger partial charge in [-0.1, -0.05) is 6.92 Å². The van der Waals surface area contributed by atoms with E-state index in [1.165, 1.54) is 48.8 Å². The molecule has 7 heteroatoms. The summed E-state index contributed by atoms with van der Waals surface area (Å²) in [6.07, 6.45) is 6.81. The van der Waals surface area contributed by atoms with Crippen molar-refractivity contribution >= 4 is 41.3 Å². The Morgan fingerprint density at radius 2 is 2.04 bits per heavy atom. The van der Waals surface area contributed by atoms with E-state index in [0.29, 0.717) is 0 Å². The zero-order valence-corrected chi connectivity index (χ0v) is 18.3. The first-order valence-corrected chi connectivity index (χ1v) is 9.61. The molecule has 1 saturated heterocycles. The highest BCUT2D eigenvalue weighted by Crippen LogP contribution is 2.19. The van der Waals surface area contributed by atoms with Gasteiger partial charge in [0.15, 0.2) is 5.96 Å². The summed E-state index contributed by atoms with van der Waals surface area (Å²) in [4.78, 5) is 12.5. The van der Waals surface area contributed by atoms with Crippen molar-refractivity contribution in [2.75, 3.05) is 39.8 Å². The highest BCUT2D eigenvalue weighted by atomic mass is 127. The summed E-state index contributed by atoms with van der Waals surface area (Å²) in [5.41, 5.74) is 0. The van der Waals surface area contributed by atoms with Gasteiger partial charge in [-0.15, -0.1) is 35.3 Å². The number of halogens is 1. The van der Waals surface area contributed by atoms with Crippen molar-refractivity contribution in [2.24, 2.45) is 10.9 Å². The van der Waals surface area contributed by atoms with Gasteiger partial charge in [0.05, 0.1) is 5.01 Å². The van der Waals surface area contributed by atoms with E-state index in [1.54, 1.807) is 11.3 Å². The fourth-order valence-electron chi connectivity index (χ4n) is 3.01. The van der Waals surface area contributed by atoms with E-state index in [2.05, 4.69) is 39.4 Å². The van der Waals surface area contributed by atoms with Crippen molar-refractivity contribution in [3.8, 4) is 0 Å². The van der Waals surface area contributed by atoms with E-state index in [-0.39, 0.29) is 24.0 Å². The van der Waals surface area contributed by atoms with E-state index in [0.717, 1.165) is 31.4 Å². The van der Waals surface area contributed by atoms with E-state index in [4.69, 9.17) is 0 Å². The number of aromatic nitrogens is 1. The van der Waals surface area contributed by atoms with Crippen LogP contribution in [0.4, 0.5) is 0 Å². The molecule has 0 bridgehead atoms. The Balaban J connectivity index is 0.00000288. The Kier molecular flexibility index (Phi) is 10.8. The van der Waals surface area contributed by atoms with Crippen LogP contribution in [0.15, 0.2) is 11.2 Å². The number of thiazole rings is 1. The first-order chi connectivity index (χ1) is 11.2. The Morgan fingerprint density at radius 3 is 2.62 bits per heavy atom. The number of hydrogen-bond donors (Lipinski definition) is 2. The molecule has 0 spiro atoms. The molecule has 1 aromatic rings. The summed E-state index contributed by atoms with van der Waals surface area (Å²) in [6, 6.07) is 0. The number of guanidine groups is 1. The molecule has 24 heavy (non-hydrogen) atoms. The molecular weight excluding hydrogens is 433 g/mol. The van der Waals surface area contributed by atoms with Gasteiger partial charge < -0.3 is 15.5 Å². The highest BCUT2D eigenvalue weighted by molar-refractivity contribution is 14.0. The van der Waals surface area contributed by atoms with Crippen LogP contribution in [0.5, 0.6) is 0 Å². The third-order valence-electron chi connectivity index (χ3n) is 4.52. The van der Waals surface area contributed by atoms with Crippen molar-refractivity contribution in [2.45, 2.75) is 39.5 Å². The van der Waals surface area contributed by atoms with Crippen molar-refractivity contribution in [1.82, 2.24) is 20.5 Å². The third kappa shape index (κ3) is 7.65. The second-order valence-electron chi connectivity index (χ2n) is 6.21. The van der Waals surface area contributed by atoms with Gasteiger partial charge in [-0.3, -0.25) is 4.99 Å². The average molecular weight is 465 g/mol. The lowest BCUT2D eigenvalue weighted by Gasteiger charge is -2.31. The van der Waals surface area contributed by atoms with Crippen LogP contribution in [0, 0.1) is 12.8 Å². The second-order valence-corrected chi connectivity index (χ2v) is 7.53. The summed E-state index contributed by atoms with van der Waals surface area (Å²) in [7, 11) is 1.84. The molecule has 2 rings (SSSR count). The number of nitrogens with one attached hydrogen (secondary N) is 2. The second kappa shape index (κ2) is 12.0. The molecule has 2 N–H and O–H groups in total. The predicted octanol–water partition coefficient (Wildman–Crippen LogP) is 2.90. The summed E-state index contributed by atoms with van der Waals surface area (Å²) < 4.78 is 0. The fraction of sp³-hybridized carbons (Fsp3) is 0.765. The fourth-order valence-corrected chi connectivity index (χ4v) is 3.80. The summed E-state index contributed by atoms with van der Waals surface area (Å²) in [5.74, 6) is 1.77. The van der Waals surface area contributed by atoms with Crippen LogP contribution in [0.2, 0.25) is 0 Å². The quantitative estimate of drug-likeness (QED) is 0.370. The van der Waals surface area contributed by atoms with Gasteiger partial charge in [0, 0.05) is 37.6 Å². The van der Waals surface area contributed by atoms with Crippen molar-refractivity contribution in [1.29, 1.82) is 0 Å². The van der Waals surface area contributed by atoms with E-state index < -0.39 is 0 Å². The predicted molar refractivity (Wildman–Crippen MR) is 115 cm³/mol. The molecule has 138 valence electrons. The molecule has 5 nitrogen and oxygen atoms in total. The molecule has 1 fully saturated rings. The average Bonchev–Trinajstić information content (AvgIpc) is 2.99. The van der Waals surface area contributed by atoms with Crippen LogP contribution in [-0.4, -0.2) is 55.6 Å². The lowest BCUT2D eigenvalue weighted by molar-refractivity contribution is 0.187. The molecule has 2 heterocycles. The Bertz CT molecular complexity index is 483. The minimum absolute atomic E-state index is 0. The maximum atomic E-state index is 4.39. The van der Waals surface area contributed by atoms with Crippen molar-refractivity contribution in [3.05, 3.63) is 16.1 Å². The monoisotopic (exact) mass is 465 g/mol. The smallest absolute Gasteiger partial charge is 0.190 e. The number of nitrogens with zero attached hydrogens (tertiary/aromatic N) is 3. The molecule has 0 unspecified atom stereocenters. The molecule has 0 atom stereocenters. The Labute approximate surface area is 167 Å². The van der Waals surface area contributed by atoms with Crippen LogP contribution in [0.3, 0.4) is 0 Å². The molecule has 0 saturated carbocycles. The van der Waals surface area contributed by atoms with E-state index in [9.17, 15) is 0 Å². The van der Waals surface area contributed by atoms with Gasteiger partial charge in [-0.2, -0.15) is 0 Å². The van der Waals surface area contributed by atoms with Gasteiger partial charge in [-0.25, -0.2) is 4.98 Å². The molecule has 0 aromatic carbocycles. The number of rotatable bonds is 7. The van der Waals surface area contributed by atoms with Gasteiger partial charge in [0.25, 0.3) is 0 Å². The molecule has 0 radical (unpaired) electrons. The van der Waals surface area contributed by atoms with Crippen LogP contribution >= 0.6 is 35.3 Å². The molecule has 1 aromatic heterocycles. The molecule has 0 aliphatic carbocycles. The zero-order valence-electron chi connectivity index (χ0n) is 15.2. The van der Waals surface area contributed by atoms with Gasteiger partial charge >= 0.3 is 0 Å². The van der Waals surface area contributed by atoms with Gasteiger partial charge in [0.2, 0.25) is 0 Å². The van der Waals surface area contributed by atoms with Gasteiger partial charge in [-0.05, 0) is 51.7 Å². The minimum atomic E-state index is 0. The number of piperidine rings is 1. The van der Waals surface area contributed by atoms with Crippen molar-refractivity contribution < 1.29 is 0 Å². The third-order valence-corrected chi connectivity index (χ3v) is 5.50. The molecular formula is C17H32IN5S. The standard InChI is InChI=1S/C17H31N5S.HI/c1-4-22-11-7-15(8-12-22)5-9-19-17(18-3)20-10-6-16-21-13-14(2)23-16;/h13,15H,4-12H2,1-3H3,(H2,18,19,20);1H. The first-order valence-electron chi connectivity index (χ1n) is 8.79. The lowest BCUT2D eigenvalue weighted by atomic mass is 9.93. The highest BCUT2D eigenvalue weighted by Gasteiger charge is 2.17. The molecule has 1 aliphatic rings. The van der Waals surface area contributed by atoms with Crippen LogP contribution < -0.4 is 10.6 Å². The van der Waals surface area contributed by atoms with Crippen LogP contribution in [-0.2, 0) is 6.42 Å². The number of likely N-dealkylation sites (tertiary alicyclic amines) is 1.